The van der Waals surface area contributed by atoms with Crippen LogP contribution in [-0.4, -0.2) is 41.6 Å². The van der Waals surface area contributed by atoms with E-state index in [4.69, 9.17) is 5.73 Å². The minimum Gasteiger partial charge on any atom is -0.323 e. The van der Waals surface area contributed by atoms with Gasteiger partial charge in [0.1, 0.15) is 0 Å². The zero-order valence-electron chi connectivity index (χ0n) is 8.18. The summed E-state index contributed by atoms with van der Waals surface area (Å²) in [6.07, 6.45) is 1.19. The molecule has 72 valence electrons. The SMILES string of the molecule is CCN(CC)CC1(N)CCSC1. The number of hydrogen-bond acceptors (Lipinski definition) is 3. The minimum absolute atomic E-state index is 0.108. The van der Waals surface area contributed by atoms with E-state index in [0.717, 1.165) is 25.4 Å². The Bertz CT molecular complexity index is 128. The van der Waals surface area contributed by atoms with Crippen LogP contribution in [0.1, 0.15) is 20.3 Å². The van der Waals surface area contributed by atoms with E-state index in [1.54, 1.807) is 0 Å². The average molecular weight is 188 g/mol. The van der Waals surface area contributed by atoms with Crippen molar-refractivity contribution in [3.05, 3.63) is 0 Å². The van der Waals surface area contributed by atoms with Gasteiger partial charge < -0.3 is 10.6 Å². The van der Waals surface area contributed by atoms with Crippen LogP contribution in [0.5, 0.6) is 0 Å². The molecule has 0 saturated carbocycles. The topological polar surface area (TPSA) is 29.3 Å². The number of hydrogen-bond donors (Lipinski definition) is 1. The standard InChI is InChI=1S/C9H20N2S/c1-3-11(4-2)7-9(10)5-6-12-8-9/h3-8,10H2,1-2H3. The molecule has 0 aromatic heterocycles. The van der Waals surface area contributed by atoms with Gasteiger partial charge in [-0.2, -0.15) is 11.8 Å². The van der Waals surface area contributed by atoms with Gasteiger partial charge in [-0.25, -0.2) is 0 Å². The van der Waals surface area contributed by atoms with E-state index < -0.39 is 0 Å². The fourth-order valence-electron chi connectivity index (χ4n) is 1.64. The van der Waals surface area contributed by atoms with Crippen molar-refractivity contribution in [3.63, 3.8) is 0 Å². The highest BCUT2D eigenvalue weighted by molar-refractivity contribution is 7.99. The Hall–Kier alpha value is 0.270. The molecule has 1 aliphatic heterocycles. The van der Waals surface area contributed by atoms with Gasteiger partial charge in [-0.05, 0) is 25.3 Å². The lowest BCUT2D eigenvalue weighted by Gasteiger charge is -2.30. The highest BCUT2D eigenvalue weighted by Gasteiger charge is 2.30. The van der Waals surface area contributed by atoms with Gasteiger partial charge in [-0.3, -0.25) is 0 Å². The van der Waals surface area contributed by atoms with E-state index in [1.807, 2.05) is 11.8 Å². The number of nitrogens with zero attached hydrogens (tertiary/aromatic N) is 1. The first-order chi connectivity index (χ1) is 5.70. The molecule has 2 N–H and O–H groups in total. The van der Waals surface area contributed by atoms with Crippen LogP contribution in [-0.2, 0) is 0 Å². The first kappa shape index (κ1) is 10.4. The predicted molar refractivity (Wildman–Crippen MR) is 56.6 cm³/mol. The summed E-state index contributed by atoms with van der Waals surface area (Å²) in [7, 11) is 0. The second kappa shape index (κ2) is 4.49. The maximum absolute atomic E-state index is 6.25. The van der Waals surface area contributed by atoms with Gasteiger partial charge >= 0.3 is 0 Å². The normalized spacial score (nSPS) is 30.0. The molecule has 1 atom stereocenters. The first-order valence-electron chi connectivity index (χ1n) is 4.79. The Labute approximate surface area is 79.9 Å². The molecule has 1 aliphatic rings. The lowest BCUT2D eigenvalue weighted by atomic mass is 10.00. The van der Waals surface area contributed by atoms with Crippen LogP contribution in [0.2, 0.25) is 0 Å². The maximum atomic E-state index is 6.25. The largest absolute Gasteiger partial charge is 0.323 e. The van der Waals surface area contributed by atoms with Gasteiger partial charge in [0, 0.05) is 17.8 Å². The molecular weight excluding hydrogens is 168 g/mol. The molecule has 3 heteroatoms. The molecule has 0 aliphatic carbocycles. The minimum atomic E-state index is 0.108. The Morgan fingerprint density at radius 2 is 2.08 bits per heavy atom. The predicted octanol–water partition coefficient (Wildman–Crippen LogP) is 1.16. The highest BCUT2D eigenvalue weighted by Crippen LogP contribution is 2.26. The Morgan fingerprint density at radius 3 is 2.50 bits per heavy atom. The summed E-state index contributed by atoms with van der Waals surface area (Å²) < 4.78 is 0. The molecule has 1 rings (SSSR count). The molecule has 2 nitrogen and oxygen atoms in total. The van der Waals surface area contributed by atoms with Crippen molar-refractivity contribution in [1.82, 2.24) is 4.90 Å². The van der Waals surface area contributed by atoms with Crippen LogP contribution in [0.15, 0.2) is 0 Å². The summed E-state index contributed by atoms with van der Waals surface area (Å²) in [5, 5.41) is 0. The lowest BCUT2D eigenvalue weighted by Crippen LogP contribution is -2.50. The second-order valence-corrected chi connectivity index (χ2v) is 4.73. The smallest absolute Gasteiger partial charge is 0.0382 e. The van der Waals surface area contributed by atoms with Gasteiger partial charge in [-0.1, -0.05) is 13.8 Å². The third-order valence-corrected chi connectivity index (χ3v) is 3.84. The van der Waals surface area contributed by atoms with Crippen molar-refractivity contribution in [1.29, 1.82) is 0 Å². The Balaban J connectivity index is 2.36. The van der Waals surface area contributed by atoms with Crippen LogP contribution in [0, 0.1) is 0 Å². The van der Waals surface area contributed by atoms with Crippen molar-refractivity contribution in [3.8, 4) is 0 Å². The van der Waals surface area contributed by atoms with Crippen LogP contribution in [0.4, 0.5) is 0 Å². The van der Waals surface area contributed by atoms with Gasteiger partial charge in [0.25, 0.3) is 0 Å². The third-order valence-electron chi connectivity index (χ3n) is 2.57. The van der Waals surface area contributed by atoms with E-state index in [2.05, 4.69) is 18.7 Å². The van der Waals surface area contributed by atoms with Gasteiger partial charge in [-0.15, -0.1) is 0 Å². The van der Waals surface area contributed by atoms with Crippen molar-refractivity contribution in [2.45, 2.75) is 25.8 Å². The fourth-order valence-corrected chi connectivity index (χ4v) is 2.98. The van der Waals surface area contributed by atoms with Crippen molar-refractivity contribution in [2.75, 3.05) is 31.1 Å². The molecule has 0 bridgehead atoms. The summed E-state index contributed by atoms with van der Waals surface area (Å²) in [6, 6.07) is 0. The van der Waals surface area contributed by atoms with E-state index in [9.17, 15) is 0 Å². The van der Waals surface area contributed by atoms with Crippen LogP contribution in [0.3, 0.4) is 0 Å². The van der Waals surface area contributed by atoms with Gasteiger partial charge in [0.2, 0.25) is 0 Å². The quantitative estimate of drug-likeness (QED) is 0.718. The Kier molecular flexibility index (Phi) is 3.87. The van der Waals surface area contributed by atoms with Crippen molar-refractivity contribution < 1.29 is 0 Å². The molecule has 0 amide bonds. The summed E-state index contributed by atoms with van der Waals surface area (Å²) >= 11 is 1.99. The summed E-state index contributed by atoms with van der Waals surface area (Å²) in [6.45, 7) is 7.73. The third kappa shape index (κ3) is 2.64. The first-order valence-corrected chi connectivity index (χ1v) is 5.94. The molecular formula is C9H20N2S. The van der Waals surface area contributed by atoms with E-state index in [1.165, 1.54) is 12.2 Å². The molecule has 1 heterocycles. The summed E-state index contributed by atoms with van der Waals surface area (Å²) in [5.41, 5.74) is 6.36. The van der Waals surface area contributed by atoms with Crippen molar-refractivity contribution >= 4 is 11.8 Å². The van der Waals surface area contributed by atoms with Crippen molar-refractivity contribution in [2.24, 2.45) is 5.73 Å². The van der Waals surface area contributed by atoms with Gasteiger partial charge in [0.05, 0.1) is 0 Å². The molecule has 0 radical (unpaired) electrons. The molecule has 0 aromatic carbocycles. The zero-order valence-corrected chi connectivity index (χ0v) is 8.99. The number of rotatable bonds is 4. The Morgan fingerprint density at radius 1 is 1.42 bits per heavy atom. The van der Waals surface area contributed by atoms with Crippen LogP contribution < -0.4 is 5.73 Å². The molecule has 1 unspecified atom stereocenters. The average Bonchev–Trinajstić information content (AvgIpc) is 2.48. The molecule has 0 spiro atoms. The van der Waals surface area contributed by atoms with E-state index in [0.29, 0.717) is 0 Å². The lowest BCUT2D eigenvalue weighted by molar-refractivity contribution is 0.239. The molecule has 1 saturated heterocycles. The summed E-state index contributed by atoms with van der Waals surface area (Å²) in [5.74, 6) is 2.39. The zero-order chi connectivity index (χ0) is 9.03. The van der Waals surface area contributed by atoms with Gasteiger partial charge in [0.15, 0.2) is 0 Å². The van der Waals surface area contributed by atoms with E-state index in [-0.39, 0.29) is 5.54 Å². The number of likely N-dealkylation sites (N-methyl/N-ethyl adjacent to an activating group) is 1. The van der Waals surface area contributed by atoms with E-state index >= 15 is 0 Å². The number of nitrogens with two attached hydrogens (primary N) is 1. The van der Waals surface area contributed by atoms with Crippen LogP contribution in [0.25, 0.3) is 0 Å². The molecule has 0 aromatic rings. The highest BCUT2D eigenvalue weighted by atomic mass is 32.2. The number of thioether (sulfide) groups is 1. The fraction of sp³-hybridized carbons (Fsp3) is 1.00. The molecule has 1 fully saturated rings. The van der Waals surface area contributed by atoms with Crippen LogP contribution >= 0.6 is 11.8 Å². The molecule has 12 heavy (non-hydrogen) atoms. The maximum Gasteiger partial charge on any atom is 0.0382 e. The summed E-state index contributed by atoms with van der Waals surface area (Å²) in [4.78, 5) is 2.42. The second-order valence-electron chi connectivity index (χ2n) is 3.63. The monoisotopic (exact) mass is 188 g/mol.